The molecule has 4 aromatic rings. The van der Waals surface area contributed by atoms with Gasteiger partial charge >= 0.3 is 5.91 Å². The van der Waals surface area contributed by atoms with E-state index in [0.29, 0.717) is 22.0 Å². The summed E-state index contributed by atoms with van der Waals surface area (Å²) in [6.07, 6.45) is 0.883. The van der Waals surface area contributed by atoms with Gasteiger partial charge in [0.25, 0.3) is 5.78 Å². The van der Waals surface area contributed by atoms with E-state index in [9.17, 15) is 14.7 Å². The predicted molar refractivity (Wildman–Crippen MR) is 141 cm³/mol. The molecule has 1 amide bonds. The van der Waals surface area contributed by atoms with Gasteiger partial charge < -0.3 is 9.84 Å². The highest BCUT2D eigenvalue weighted by atomic mass is 79.9. The number of hydrogen-bond donors (Lipinski definition) is 1. The fourth-order valence-electron chi connectivity index (χ4n) is 4.17. The molecule has 0 bridgehead atoms. The highest BCUT2D eigenvalue weighted by Gasteiger charge is 2.48. The predicted octanol–water partition coefficient (Wildman–Crippen LogP) is 6.26. The lowest BCUT2D eigenvalue weighted by Gasteiger charge is -2.23. The number of benzene rings is 3. The third-order valence-corrected chi connectivity index (χ3v) is 7.60. The number of halogens is 1. The fourth-order valence-corrected chi connectivity index (χ4v) is 5.49. The Bertz CT molecular complexity index is 1480. The van der Waals surface area contributed by atoms with Gasteiger partial charge in [0.05, 0.1) is 28.9 Å². The van der Waals surface area contributed by atoms with E-state index in [2.05, 4.69) is 33.9 Å². The summed E-state index contributed by atoms with van der Waals surface area (Å²) in [7, 11) is 1.55. The van der Waals surface area contributed by atoms with Crippen LogP contribution in [0.4, 0.5) is 5.13 Å². The number of fused-ring (bicyclic) bond motifs is 1. The Labute approximate surface area is 214 Å². The number of hydrogen-bond acceptors (Lipinski definition) is 6. The number of ether oxygens (including phenoxy) is 1. The molecule has 2 heterocycles. The van der Waals surface area contributed by atoms with Gasteiger partial charge in [0, 0.05) is 10.0 Å². The van der Waals surface area contributed by atoms with Crippen LogP contribution in [0.5, 0.6) is 5.75 Å². The molecule has 1 aliphatic rings. The summed E-state index contributed by atoms with van der Waals surface area (Å²) >= 11 is 4.80. The van der Waals surface area contributed by atoms with Crippen LogP contribution in [0.15, 0.2) is 76.8 Å². The summed E-state index contributed by atoms with van der Waals surface area (Å²) < 4.78 is 6.99. The number of thiazole rings is 1. The van der Waals surface area contributed by atoms with Crippen LogP contribution in [-0.4, -0.2) is 28.9 Å². The number of ketones is 1. The second-order valence-electron chi connectivity index (χ2n) is 8.10. The number of amides is 1. The minimum atomic E-state index is -0.823. The molecule has 8 heteroatoms. The number of aliphatic hydroxyl groups excluding tert-OH is 1. The van der Waals surface area contributed by atoms with Crippen molar-refractivity contribution in [2.45, 2.75) is 19.4 Å². The standard InChI is InChI=1S/C27H21BrN2O4S/c1-3-15-4-13-20-21(14-15)35-27(29-20)30-23(16-5-9-18(28)10-6-16)22(25(32)26(30)33)24(31)17-7-11-19(34-2)12-8-17/h4-14,23,31H,3H2,1-2H3/t23-/m0/s1. The van der Waals surface area contributed by atoms with Crippen molar-refractivity contribution in [3.63, 3.8) is 0 Å². The second kappa shape index (κ2) is 9.28. The molecule has 0 spiro atoms. The number of methoxy groups -OCH3 is 1. The van der Waals surface area contributed by atoms with Crippen LogP contribution >= 0.6 is 27.3 Å². The number of carbonyl (C=O) groups excluding carboxylic acids is 2. The van der Waals surface area contributed by atoms with Crippen molar-refractivity contribution < 1.29 is 19.4 Å². The third-order valence-electron chi connectivity index (χ3n) is 6.05. The van der Waals surface area contributed by atoms with Gasteiger partial charge in [-0.2, -0.15) is 0 Å². The fraction of sp³-hybridized carbons (Fsp3) is 0.148. The monoisotopic (exact) mass is 548 g/mol. The lowest BCUT2D eigenvalue weighted by Crippen LogP contribution is -2.29. The molecule has 0 radical (unpaired) electrons. The van der Waals surface area contributed by atoms with Gasteiger partial charge in [-0.3, -0.25) is 14.5 Å². The molecular formula is C27H21BrN2O4S. The van der Waals surface area contributed by atoms with Crippen molar-refractivity contribution in [2.24, 2.45) is 0 Å². The number of anilines is 1. The summed E-state index contributed by atoms with van der Waals surface area (Å²) in [4.78, 5) is 32.8. The van der Waals surface area contributed by atoms with Crippen LogP contribution in [0, 0.1) is 0 Å². The van der Waals surface area contributed by atoms with E-state index in [-0.39, 0.29) is 11.3 Å². The third kappa shape index (κ3) is 4.13. The first-order valence-electron chi connectivity index (χ1n) is 11.0. The van der Waals surface area contributed by atoms with Gasteiger partial charge in [0.1, 0.15) is 11.5 Å². The van der Waals surface area contributed by atoms with E-state index in [1.807, 2.05) is 36.4 Å². The summed E-state index contributed by atoms with van der Waals surface area (Å²) in [6, 6.07) is 19.2. The lowest BCUT2D eigenvalue weighted by atomic mass is 9.95. The Balaban J connectivity index is 1.69. The van der Waals surface area contributed by atoms with Gasteiger partial charge in [-0.25, -0.2) is 4.98 Å². The molecule has 3 aromatic carbocycles. The number of aromatic nitrogens is 1. The maximum atomic E-state index is 13.4. The average molecular weight is 549 g/mol. The van der Waals surface area contributed by atoms with Gasteiger partial charge in [-0.15, -0.1) is 0 Å². The normalized spacial score (nSPS) is 17.3. The Kier molecular flexibility index (Phi) is 6.17. The van der Waals surface area contributed by atoms with E-state index in [1.165, 1.54) is 21.8 Å². The minimum Gasteiger partial charge on any atom is -0.507 e. The smallest absolute Gasteiger partial charge is 0.301 e. The number of aryl methyl sites for hydroxylation is 1. The maximum Gasteiger partial charge on any atom is 0.301 e. The number of aliphatic hydroxyl groups is 1. The van der Waals surface area contributed by atoms with Gasteiger partial charge in [-0.05, 0) is 66.1 Å². The quantitative estimate of drug-likeness (QED) is 0.181. The molecule has 1 atom stereocenters. The Morgan fingerprint density at radius 3 is 2.46 bits per heavy atom. The minimum absolute atomic E-state index is 0.0241. The number of rotatable bonds is 5. The molecule has 1 aliphatic heterocycles. The molecule has 35 heavy (non-hydrogen) atoms. The van der Waals surface area contributed by atoms with Gasteiger partial charge in [0.15, 0.2) is 5.13 Å². The van der Waals surface area contributed by atoms with Crippen molar-refractivity contribution in [3.8, 4) is 5.75 Å². The van der Waals surface area contributed by atoms with E-state index in [0.717, 1.165) is 21.1 Å². The van der Waals surface area contributed by atoms with Crippen LogP contribution in [0.2, 0.25) is 0 Å². The van der Waals surface area contributed by atoms with Crippen molar-refractivity contribution in [1.29, 1.82) is 0 Å². The van der Waals surface area contributed by atoms with Gasteiger partial charge in [-0.1, -0.05) is 52.4 Å². The van der Waals surface area contributed by atoms with Crippen LogP contribution in [0.3, 0.4) is 0 Å². The first-order valence-corrected chi connectivity index (χ1v) is 12.6. The largest absolute Gasteiger partial charge is 0.507 e. The second-order valence-corrected chi connectivity index (χ2v) is 10.0. The molecule has 1 aromatic heterocycles. The molecule has 176 valence electrons. The summed E-state index contributed by atoms with van der Waals surface area (Å²) in [5.74, 6) is -1.09. The van der Waals surface area contributed by atoms with E-state index >= 15 is 0 Å². The molecule has 1 fully saturated rings. The van der Waals surface area contributed by atoms with E-state index in [4.69, 9.17) is 4.74 Å². The Morgan fingerprint density at radius 2 is 1.80 bits per heavy atom. The molecular weight excluding hydrogens is 528 g/mol. The molecule has 0 saturated carbocycles. The van der Waals surface area contributed by atoms with Crippen molar-refractivity contribution in [3.05, 3.63) is 93.5 Å². The van der Waals surface area contributed by atoms with Gasteiger partial charge in [0.2, 0.25) is 0 Å². The molecule has 1 N–H and O–H groups in total. The highest BCUT2D eigenvalue weighted by Crippen LogP contribution is 2.44. The SMILES string of the molecule is CCc1ccc2nc(N3C(=O)C(=O)C(=C(O)c4ccc(OC)cc4)[C@@H]3c3ccc(Br)cc3)sc2c1. The zero-order valence-corrected chi connectivity index (χ0v) is 21.4. The van der Waals surface area contributed by atoms with E-state index in [1.54, 1.807) is 31.4 Å². The van der Waals surface area contributed by atoms with Crippen LogP contribution < -0.4 is 9.64 Å². The topological polar surface area (TPSA) is 79.7 Å². The zero-order chi connectivity index (χ0) is 24.7. The number of carbonyl (C=O) groups is 2. The molecule has 0 aliphatic carbocycles. The molecule has 5 rings (SSSR count). The summed E-state index contributed by atoms with van der Waals surface area (Å²) in [6.45, 7) is 2.08. The Morgan fingerprint density at radius 1 is 1.09 bits per heavy atom. The van der Waals surface area contributed by atoms with Crippen molar-refractivity contribution >= 4 is 60.1 Å². The molecule has 6 nitrogen and oxygen atoms in total. The zero-order valence-electron chi connectivity index (χ0n) is 19.0. The Hall–Kier alpha value is -3.49. The van der Waals surface area contributed by atoms with Crippen LogP contribution in [0.1, 0.15) is 29.7 Å². The first kappa shape index (κ1) is 23.3. The maximum absolute atomic E-state index is 13.4. The van der Waals surface area contributed by atoms with E-state index < -0.39 is 17.7 Å². The van der Waals surface area contributed by atoms with Crippen molar-refractivity contribution in [2.75, 3.05) is 12.0 Å². The average Bonchev–Trinajstić information content (AvgIpc) is 3.41. The first-order chi connectivity index (χ1) is 16.9. The number of nitrogens with zero attached hydrogens (tertiary/aromatic N) is 2. The highest BCUT2D eigenvalue weighted by molar-refractivity contribution is 9.10. The van der Waals surface area contributed by atoms with Crippen molar-refractivity contribution in [1.82, 2.24) is 4.98 Å². The van der Waals surface area contributed by atoms with Crippen LogP contribution in [0.25, 0.3) is 16.0 Å². The molecule has 1 saturated heterocycles. The lowest BCUT2D eigenvalue weighted by molar-refractivity contribution is -0.132. The van der Waals surface area contributed by atoms with Crippen LogP contribution in [-0.2, 0) is 16.0 Å². The summed E-state index contributed by atoms with van der Waals surface area (Å²) in [5, 5.41) is 11.7. The summed E-state index contributed by atoms with van der Waals surface area (Å²) in [5.41, 5.74) is 3.06. The molecule has 0 unspecified atom stereocenters. The number of Topliss-reactive ketones (excluding diaryl/α,β-unsaturated/α-hetero) is 1.